The molecule has 0 aromatic carbocycles. The van der Waals surface area contributed by atoms with Gasteiger partial charge in [-0.1, -0.05) is 0 Å². The zero-order valence-corrected chi connectivity index (χ0v) is 10.1. The molecule has 1 aliphatic rings. The third-order valence-corrected chi connectivity index (χ3v) is 3.01. The zero-order chi connectivity index (χ0) is 11.5. The van der Waals surface area contributed by atoms with Crippen LogP contribution in [0.5, 0.6) is 0 Å². The molecule has 1 aromatic rings. The Bertz CT molecular complexity index is 452. The Morgan fingerprint density at radius 3 is 3.06 bits per heavy atom. The summed E-state index contributed by atoms with van der Waals surface area (Å²) in [5, 5.41) is 5.75. The van der Waals surface area contributed by atoms with E-state index in [1.165, 1.54) is 6.20 Å². The number of H-pyrrole nitrogens is 1. The van der Waals surface area contributed by atoms with Gasteiger partial charge < -0.3 is 15.6 Å². The standard InChI is InChI=1S/C10H12BrN3O2/c11-7-3-8(10(16)13-5-7)14-9(15)6-1-2-12-4-6/h3,5-6,12H,1-2,4H2,(H,13,16)(H,14,15). The van der Waals surface area contributed by atoms with E-state index in [-0.39, 0.29) is 23.1 Å². The average molecular weight is 286 g/mol. The minimum atomic E-state index is -0.289. The zero-order valence-electron chi connectivity index (χ0n) is 8.55. The molecule has 0 radical (unpaired) electrons. The molecule has 1 amide bonds. The highest BCUT2D eigenvalue weighted by molar-refractivity contribution is 9.10. The predicted molar refractivity (Wildman–Crippen MR) is 64.4 cm³/mol. The van der Waals surface area contributed by atoms with Crippen LogP contribution in [0.15, 0.2) is 21.5 Å². The van der Waals surface area contributed by atoms with E-state index in [1.54, 1.807) is 6.07 Å². The van der Waals surface area contributed by atoms with Gasteiger partial charge in [0.2, 0.25) is 5.91 Å². The van der Waals surface area contributed by atoms with Crippen molar-refractivity contribution < 1.29 is 4.79 Å². The first-order chi connectivity index (χ1) is 7.66. The van der Waals surface area contributed by atoms with Gasteiger partial charge in [-0.3, -0.25) is 9.59 Å². The van der Waals surface area contributed by atoms with E-state index in [1.807, 2.05) is 0 Å². The number of carbonyl (C=O) groups is 1. The number of nitrogens with one attached hydrogen (secondary N) is 3. The van der Waals surface area contributed by atoms with Gasteiger partial charge in [0.1, 0.15) is 5.69 Å². The molecule has 0 aliphatic carbocycles. The number of carbonyl (C=O) groups excluding carboxylic acids is 1. The summed E-state index contributed by atoms with van der Waals surface area (Å²) in [6.45, 7) is 1.53. The van der Waals surface area contributed by atoms with E-state index in [0.717, 1.165) is 17.4 Å². The monoisotopic (exact) mass is 285 g/mol. The second-order valence-corrected chi connectivity index (χ2v) is 4.66. The Kier molecular flexibility index (Phi) is 3.40. The largest absolute Gasteiger partial charge is 0.326 e. The fourth-order valence-corrected chi connectivity index (χ4v) is 2.01. The number of anilines is 1. The first-order valence-corrected chi connectivity index (χ1v) is 5.86. The van der Waals surface area contributed by atoms with Crippen molar-refractivity contribution in [2.24, 2.45) is 5.92 Å². The highest BCUT2D eigenvalue weighted by atomic mass is 79.9. The fraction of sp³-hybridized carbons (Fsp3) is 0.400. The van der Waals surface area contributed by atoms with Crippen molar-refractivity contribution in [3.63, 3.8) is 0 Å². The van der Waals surface area contributed by atoms with Crippen molar-refractivity contribution in [3.05, 3.63) is 27.1 Å². The van der Waals surface area contributed by atoms with Crippen molar-refractivity contribution in [1.29, 1.82) is 0 Å². The molecule has 1 fully saturated rings. The van der Waals surface area contributed by atoms with Gasteiger partial charge in [0, 0.05) is 17.2 Å². The van der Waals surface area contributed by atoms with Crippen LogP contribution in [0.1, 0.15) is 6.42 Å². The highest BCUT2D eigenvalue weighted by Gasteiger charge is 2.22. The summed E-state index contributed by atoms with van der Waals surface area (Å²) < 4.78 is 0.729. The first-order valence-electron chi connectivity index (χ1n) is 5.06. The minimum absolute atomic E-state index is 0.0432. The molecular weight excluding hydrogens is 274 g/mol. The molecule has 0 bridgehead atoms. The van der Waals surface area contributed by atoms with Crippen molar-refractivity contribution in [2.45, 2.75) is 6.42 Å². The van der Waals surface area contributed by atoms with Gasteiger partial charge in [0.25, 0.3) is 5.56 Å². The fourth-order valence-electron chi connectivity index (χ4n) is 1.66. The van der Waals surface area contributed by atoms with E-state index < -0.39 is 0 Å². The summed E-state index contributed by atoms with van der Waals surface area (Å²) in [7, 11) is 0. The lowest BCUT2D eigenvalue weighted by Crippen LogP contribution is -2.27. The van der Waals surface area contributed by atoms with Crippen LogP contribution in [0.2, 0.25) is 0 Å². The molecule has 6 heteroatoms. The average Bonchev–Trinajstić information content (AvgIpc) is 2.76. The molecule has 2 heterocycles. The number of pyridine rings is 1. The number of rotatable bonds is 2. The molecule has 0 spiro atoms. The maximum atomic E-state index is 11.8. The van der Waals surface area contributed by atoms with Crippen LogP contribution in [-0.4, -0.2) is 24.0 Å². The summed E-state index contributed by atoms with van der Waals surface area (Å²) in [6, 6.07) is 1.60. The second kappa shape index (κ2) is 4.80. The number of amides is 1. The molecule has 1 atom stereocenters. The number of aromatic amines is 1. The molecule has 2 rings (SSSR count). The molecule has 1 aliphatic heterocycles. The molecule has 5 nitrogen and oxygen atoms in total. The van der Waals surface area contributed by atoms with E-state index in [0.29, 0.717) is 6.54 Å². The van der Waals surface area contributed by atoms with Crippen LogP contribution in [0.3, 0.4) is 0 Å². The van der Waals surface area contributed by atoms with Crippen molar-refractivity contribution in [1.82, 2.24) is 10.3 Å². The quantitative estimate of drug-likeness (QED) is 0.748. The summed E-state index contributed by atoms with van der Waals surface area (Å²) in [5.41, 5.74) is -0.00576. The number of hydrogen-bond acceptors (Lipinski definition) is 3. The highest BCUT2D eigenvalue weighted by Crippen LogP contribution is 2.13. The van der Waals surface area contributed by atoms with Crippen molar-refractivity contribution in [3.8, 4) is 0 Å². The molecule has 1 saturated heterocycles. The molecule has 1 aromatic heterocycles. The molecule has 3 N–H and O–H groups in total. The Morgan fingerprint density at radius 2 is 2.38 bits per heavy atom. The van der Waals surface area contributed by atoms with Gasteiger partial charge in [-0.25, -0.2) is 0 Å². The Morgan fingerprint density at radius 1 is 1.56 bits per heavy atom. The van der Waals surface area contributed by atoms with E-state index in [2.05, 4.69) is 31.5 Å². The van der Waals surface area contributed by atoms with E-state index in [4.69, 9.17) is 0 Å². The molecular formula is C10H12BrN3O2. The van der Waals surface area contributed by atoms with Gasteiger partial charge in [0.05, 0.1) is 5.92 Å². The van der Waals surface area contributed by atoms with Crippen LogP contribution >= 0.6 is 15.9 Å². The van der Waals surface area contributed by atoms with Gasteiger partial charge in [0.15, 0.2) is 0 Å². The maximum absolute atomic E-state index is 11.8. The van der Waals surface area contributed by atoms with Crippen LogP contribution in [0, 0.1) is 5.92 Å². The number of hydrogen-bond donors (Lipinski definition) is 3. The lowest BCUT2D eigenvalue weighted by atomic mass is 10.1. The maximum Gasteiger partial charge on any atom is 0.271 e. The van der Waals surface area contributed by atoms with Gasteiger partial charge in [-0.05, 0) is 35.0 Å². The van der Waals surface area contributed by atoms with Crippen molar-refractivity contribution in [2.75, 3.05) is 18.4 Å². The van der Waals surface area contributed by atoms with Crippen LogP contribution in [0.25, 0.3) is 0 Å². The Labute approximate surface area is 101 Å². The SMILES string of the molecule is O=C(Nc1cc(Br)c[nH]c1=O)C1CCNC1. The number of halogens is 1. The summed E-state index contributed by atoms with van der Waals surface area (Å²) in [5.74, 6) is -0.146. The smallest absolute Gasteiger partial charge is 0.271 e. The number of aromatic nitrogens is 1. The van der Waals surface area contributed by atoms with Crippen molar-refractivity contribution >= 4 is 27.5 Å². The first kappa shape index (κ1) is 11.3. The Balaban J connectivity index is 2.11. The summed E-state index contributed by atoms with van der Waals surface area (Å²) >= 11 is 3.24. The normalized spacial score (nSPS) is 19.7. The van der Waals surface area contributed by atoms with Crippen LogP contribution < -0.4 is 16.2 Å². The third kappa shape index (κ3) is 2.51. The molecule has 0 saturated carbocycles. The van der Waals surface area contributed by atoms with Gasteiger partial charge >= 0.3 is 0 Å². The van der Waals surface area contributed by atoms with E-state index in [9.17, 15) is 9.59 Å². The van der Waals surface area contributed by atoms with Crippen LogP contribution in [-0.2, 0) is 4.79 Å². The third-order valence-electron chi connectivity index (χ3n) is 2.56. The summed E-state index contributed by atoms with van der Waals surface area (Å²) in [6.07, 6.45) is 2.35. The second-order valence-electron chi connectivity index (χ2n) is 3.74. The molecule has 86 valence electrons. The minimum Gasteiger partial charge on any atom is -0.326 e. The van der Waals surface area contributed by atoms with Crippen LogP contribution in [0.4, 0.5) is 5.69 Å². The molecule has 1 unspecified atom stereocenters. The lowest BCUT2D eigenvalue weighted by Gasteiger charge is -2.09. The lowest BCUT2D eigenvalue weighted by molar-refractivity contribution is -0.119. The Hall–Kier alpha value is -1.14. The predicted octanol–water partition coefficient (Wildman–Crippen LogP) is 0.685. The molecule has 16 heavy (non-hydrogen) atoms. The summed E-state index contributed by atoms with van der Waals surface area (Å²) in [4.78, 5) is 25.7. The van der Waals surface area contributed by atoms with E-state index >= 15 is 0 Å². The van der Waals surface area contributed by atoms with Gasteiger partial charge in [-0.2, -0.15) is 0 Å². The van der Waals surface area contributed by atoms with Gasteiger partial charge in [-0.15, -0.1) is 0 Å². The topological polar surface area (TPSA) is 74.0 Å².